The predicted octanol–water partition coefficient (Wildman–Crippen LogP) is 4.76. The molecule has 2 aliphatic carbocycles. The molecule has 0 unspecified atom stereocenters. The van der Waals surface area contributed by atoms with Gasteiger partial charge >= 0.3 is 6.09 Å². The smallest absolute Gasteiger partial charge is 0.408 e. The largest absolute Gasteiger partial charge is 0.491 e. The highest BCUT2D eigenvalue weighted by molar-refractivity contribution is 7.91. The molecule has 1 aromatic heterocycles. The van der Waals surface area contributed by atoms with E-state index in [1.54, 1.807) is 37.4 Å². The van der Waals surface area contributed by atoms with Crippen molar-refractivity contribution in [2.45, 2.75) is 134 Å². The van der Waals surface area contributed by atoms with Crippen molar-refractivity contribution < 1.29 is 50.0 Å². The van der Waals surface area contributed by atoms with Crippen molar-refractivity contribution in [1.82, 2.24) is 25.2 Å². The monoisotopic (exact) mass is 787 g/mol. The van der Waals surface area contributed by atoms with Crippen LogP contribution >= 0.6 is 0 Å². The maximum atomic E-state index is 14.9. The zero-order chi connectivity index (χ0) is 44.9. The first-order valence-electron chi connectivity index (χ1n) is 21.9. The molecule has 7 atom stereocenters. The maximum Gasteiger partial charge on any atom is 0.408 e. The number of hydrogen-bond donors (Lipinski definition) is 3. The minimum absolute atomic E-state index is 0.0436. The van der Waals surface area contributed by atoms with Crippen LogP contribution in [0.2, 0.25) is 0 Å². The molecule has 1 aromatic carbocycles. The van der Waals surface area contributed by atoms with Gasteiger partial charge in [-0.2, -0.15) is 0 Å². The van der Waals surface area contributed by atoms with Crippen molar-refractivity contribution in [1.29, 1.82) is 0 Å². The fourth-order valence-electron chi connectivity index (χ4n) is 7.57. The normalized spacial score (nSPS) is 31.6. The number of fused-ring (bicyclic) bond motifs is 3. The van der Waals surface area contributed by atoms with Crippen LogP contribution in [0.1, 0.15) is 101 Å². The quantitative estimate of drug-likeness (QED) is 0.316. The number of benzene rings is 1. The van der Waals surface area contributed by atoms with E-state index in [1.807, 2.05) is 32.9 Å². The number of alkyl carbamates (subject to hydrolysis) is 1. The Bertz CT molecular complexity index is 2150. The lowest BCUT2D eigenvalue weighted by Gasteiger charge is -2.33. The van der Waals surface area contributed by atoms with Crippen molar-refractivity contribution >= 4 is 44.6 Å². The Balaban J connectivity index is 1.36. The zero-order valence-electron chi connectivity index (χ0n) is 37.8. The van der Waals surface area contributed by atoms with Gasteiger partial charge in [0.2, 0.25) is 27.7 Å². The average Bonchev–Trinajstić information content (AvgIpc) is 4.07. The molecule has 4 aliphatic rings. The lowest BCUT2D eigenvalue weighted by atomic mass is 9.88. The van der Waals surface area contributed by atoms with Crippen LogP contribution in [0.15, 0.2) is 42.6 Å². The zero-order valence-corrected chi connectivity index (χ0v) is 32.6. The van der Waals surface area contributed by atoms with E-state index in [0.717, 1.165) is 12.3 Å². The molecule has 0 bridgehead atoms. The molecule has 3 heterocycles. The second-order valence-electron chi connectivity index (χ2n) is 16.0. The summed E-state index contributed by atoms with van der Waals surface area (Å²) in [5, 5.41) is 5.93. The molecule has 0 radical (unpaired) electrons. The van der Waals surface area contributed by atoms with E-state index in [-0.39, 0.29) is 37.3 Å². The summed E-state index contributed by atoms with van der Waals surface area (Å²) in [5.41, 5.74) is -4.58. The lowest BCUT2D eigenvalue weighted by Crippen LogP contribution is -2.59. The van der Waals surface area contributed by atoms with Crippen LogP contribution in [0.25, 0.3) is 10.8 Å². The van der Waals surface area contributed by atoms with E-state index in [1.165, 1.54) is 4.90 Å². The lowest BCUT2D eigenvalue weighted by molar-refractivity contribution is -0.142. The molecule has 6 rings (SSSR count). The number of sulfonamides is 1. The Kier molecular flexibility index (Phi) is 9.32. The second-order valence-corrected chi connectivity index (χ2v) is 17.9. The van der Waals surface area contributed by atoms with E-state index >= 15 is 0 Å². The summed E-state index contributed by atoms with van der Waals surface area (Å²) < 4.78 is 92.8. The van der Waals surface area contributed by atoms with E-state index in [0.29, 0.717) is 43.2 Å². The molecular formula is C40H55N5O9S. The number of amides is 4. The van der Waals surface area contributed by atoms with Gasteiger partial charge in [-0.15, -0.1) is 0 Å². The number of nitrogens with zero attached hydrogens (tertiary/aromatic N) is 2. The molecule has 14 nitrogen and oxygen atoms in total. The van der Waals surface area contributed by atoms with Crippen molar-refractivity contribution in [3.63, 3.8) is 0 Å². The molecule has 2 saturated carbocycles. The third-order valence-electron chi connectivity index (χ3n) is 10.5. The molecule has 300 valence electrons. The van der Waals surface area contributed by atoms with Crippen LogP contribution in [0.4, 0.5) is 4.79 Å². The van der Waals surface area contributed by atoms with Gasteiger partial charge in [-0.1, -0.05) is 26.0 Å². The summed E-state index contributed by atoms with van der Waals surface area (Å²) >= 11 is 0. The molecule has 2 aliphatic heterocycles. The van der Waals surface area contributed by atoms with Gasteiger partial charge in [-0.05, 0) is 114 Å². The van der Waals surface area contributed by atoms with Gasteiger partial charge in [-0.3, -0.25) is 19.1 Å². The number of carbonyl (C=O) groups is 4. The molecule has 2 aromatic rings. The first kappa shape index (κ1) is 32.8. The Morgan fingerprint density at radius 1 is 1.13 bits per heavy atom. The number of carbonyl (C=O) groups excluding carboxylic acids is 4. The molecule has 3 fully saturated rings. The fourth-order valence-corrected chi connectivity index (χ4v) is 8.93. The predicted molar refractivity (Wildman–Crippen MR) is 206 cm³/mol. The summed E-state index contributed by atoms with van der Waals surface area (Å²) in [6, 6.07) is 4.38. The summed E-state index contributed by atoms with van der Waals surface area (Å²) in [6.45, 7) is 1.46. The number of ether oxygens (including phenoxy) is 3. The number of aromatic nitrogens is 1. The molecular weight excluding hydrogens is 727 g/mol. The van der Waals surface area contributed by atoms with E-state index in [4.69, 9.17) is 22.4 Å². The van der Waals surface area contributed by atoms with Crippen LogP contribution in [0.5, 0.6) is 11.6 Å². The molecule has 15 heteroatoms. The first-order chi connectivity index (χ1) is 28.3. The molecule has 3 N–H and O–H groups in total. The number of hydrogen-bond acceptors (Lipinski definition) is 10. The molecule has 0 spiro atoms. The number of pyridine rings is 1. The van der Waals surface area contributed by atoms with Crippen LogP contribution in [0, 0.1) is 17.8 Å². The third-order valence-corrected chi connectivity index (χ3v) is 12.4. The Hall–Kier alpha value is -4.40. The van der Waals surface area contributed by atoms with Gasteiger partial charge in [0.15, 0.2) is 0 Å². The van der Waals surface area contributed by atoms with Gasteiger partial charge in [0, 0.05) is 32.1 Å². The summed E-state index contributed by atoms with van der Waals surface area (Å²) in [6.07, 6.45) is 5.14. The van der Waals surface area contributed by atoms with Crippen molar-refractivity contribution in [2.24, 2.45) is 17.8 Å². The maximum absolute atomic E-state index is 14.9. The molecule has 55 heavy (non-hydrogen) atoms. The Morgan fingerprint density at radius 3 is 2.60 bits per heavy atom. The Morgan fingerprint density at radius 2 is 1.89 bits per heavy atom. The van der Waals surface area contributed by atoms with Crippen LogP contribution in [-0.2, 0) is 29.1 Å². The second kappa shape index (κ2) is 15.6. The highest BCUT2D eigenvalue weighted by Crippen LogP contribution is 2.46. The molecule has 4 amide bonds. The minimum Gasteiger partial charge on any atom is -0.491 e. The van der Waals surface area contributed by atoms with Gasteiger partial charge < -0.3 is 29.7 Å². The highest BCUT2D eigenvalue weighted by Gasteiger charge is 2.62. The van der Waals surface area contributed by atoms with Crippen LogP contribution < -0.4 is 24.8 Å². The van der Waals surface area contributed by atoms with Gasteiger partial charge in [0.1, 0.15) is 35.1 Å². The number of nitrogens with one attached hydrogen (secondary N) is 3. The average molecular weight is 788 g/mol. The van der Waals surface area contributed by atoms with E-state index in [2.05, 4.69) is 20.3 Å². The SMILES string of the molecule is [2H]C([2H])([2H])C(C)(OC(=O)N[C@@H]1C(=O)N2C[C@H](Oc3nccc4cc(OC(C)C)ccc34)C[C@H]2C(=O)N[C@]2(C(=O)NS(=O)(=O)C3CC3)C[C@H]2/C=C\CC[C@@H](C)C[C@H]1C)C([2H])([2H])[2H]. The summed E-state index contributed by atoms with van der Waals surface area (Å²) in [5.74, 6) is -2.83. The van der Waals surface area contributed by atoms with Crippen molar-refractivity contribution in [3.05, 3.63) is 42.6 Å². The third kappa shape index (κ3) is 9.53. The molecule has 1 saturated heterocycles. The van der Waals surface area contributed by atoms with Crippen LogP contribution in [-0.4, -0.2) is 89.3 Å². The fraction of sp³-hybridized carbons (Fsp3) is 0.625. The van der Waals surface area contributed by atoms with E-state index in [9.17, 15) is 27.6 Å². The topological polar surface area (TPSA) is 182 Å². The van der Waals surface area contributed by atoms with Gasteiger partial charge in [0.25, 0.3) is 5.91 Å². The van der Waals surface area contributed by atoms with Gasteiger partial charge in [0.05, 0.1) is 17.9 Å². The Labute approximate surface area is 332 Å². The van der Waals surface area contributed by atoms with E-state index < -0.39 is 94.0 Å². The van der Waals surface area contributed by atoms with Crippen LogP contribution in [0.3, 0.4) is 0 Å². The first-order valence-corrected chi connectivity index (χ1v) is 20.5. The minimum atomic E-state index is -3.99. The van der Waals surface area contributed by atoms with Crippen molar-refractivity contribution in [2.75, 3.05) is 6.54 Å². The highest BCUT2D eigenvalue weighted by atomic mass is 32.2. The van der Waals surface area contributed by atoms with Crippen molar-refractivity contribution in [3.8, 4) is 11.6 Å². The summed E-state index contributed by atoms with van der Waals surface area (Å²) in [4.78, 5) is 62.6. The standard InChI is InChI=1S/C40H55N5O9S/c1-23(2)52-28-12-15-31-26(19-28)16-17-41-35(31)53-29-20-32-34(46)43-40(37(48)44-55(50,51)30-13-14-30)21-27(40)11-9-8-10-24(3)18-25(4)33(36(47)45(32)22-29)42-38(49)54-39(5,6)7/h9,11-12,15-17,19,23-25,27,29-30,32-33H,8,10,13-14,18,20-22H2,1-7H3,(H,42,49)(H,43,46)(H,44,48)/b11-9-/t24-,25-,27-,29-,32+,33+,40-/m1/s1/i5D3,6D3. The number of allylic oxidation sites excluding steroid dienone is 1. The summed E-state index contributed by atoms with van der Waals surface area (Å²) in [7, 11) is -3.99. The number of rotatable bonds is 8. The van der Waals surface area contributed by atoms with Gasteiger partial charge in [-0.25, -0.2) is 18.2 Å².